The van der Waals surface area contributed by atoms with E-state index < -0.39 is 0 Å². The summed E-state index contributed by atoms with van der Waals surface area (Å²) in [5.74, 6) is 0. The van der Waals surface area contributed by atoms with Crippen LogP contribution < -0.4 is 0 Å². The molecule has 0 amide bonds. The summed E-state index contributed by atoms with van der Waals surface area (Å²) in [4.78, 5) is 17.2. The van der Waals surface area contributed by atoms with E-state index in [4.69, 9.17) is 0 Å². The van der Waals surface area contributed by atoms with Crippen molar-refractivity contribution in [3.8, 4) is 0 Å². The first-order valence-electron chi connectivity index (χ1n) is 5.48. The van der Waals surface area contributed by atoms with Crippen LogP contribution in [0.2, 0.25) is 0 Å². The summed E-state index contributed by atoms with van der Waals surface area (Å²) in [5.41, 5.74) is 1.23. The zero-order valence-corrected chi connectivity index (χ0v) is 8.80. The Morgan fingerprint density at radius 2 is 2.20 bits per heavy atom. The predicted octanol–water partition coefficient (Wildman–Crippen LogP) is 1.64. The van der Waals surface area contributed by atoms with Gasteiger partial charge in [-0.25, -0.2) is 0 Å². The van der Waals surface area contributed by atoms with Gasteiger partial charge in [-0.05, 0) is 37.1 Å². The lowest BCUT2D eigenvalue weighted by Gasteiger charge is -2.32. The van der Waals surface area contributed by atoms with Gasteiger partial charge in [0.15, 0.2) is 0 Å². The number of likely N-dealkylation sites (tertiary alicyclic amines) is 1. The molecule has 1 aliphatic heterocycles. The first kappa shape index (κ1) is 10.3. The molecular formula is C12H16N2O. The molecule has 0 aliphatic carbocycles. The molecule has 1 fully saturated rings. The quantitative estimate of drug-likeness (QED) is 0.702. The van der Waals surface area contributed by atoms with Crippen molar-refractivity contribution in [2.45, 2.75) is 31.8 Å². The molecule has 1 aromatic heterocycles. The van der Waals surface area contributed by atoms with Crippen molar-refractivity contribution in [1.29, 1.82) is 0 Å². The topological polar surface area (TPSA) is 33.2 Å². The summed E-state index contributed by atoms with van der Waals surface area (Å²) in [6.07, 6.45) is 8.07. The molecule has 0 N–H and O–H groups in total. The maximum absolute atomic E-state index is 10.9. The third kappa shape index (κ3) is 2.63. The van der Waals surface area contributed by atoms with E-state index in [2.05, 4.69) is 9.88 Å². The van der Waals surface area contributed by atoms with Gasteiger partial charge in [0.25, 0.3) is 0 Å². The fourth-order valence-electron chi connectivity index (χ4n) is 2.09. The number of hydrogen-bond donors (Lipinski definition) is 0. The number of aldehydes is 1. The maximum Gasteiger partial charge on any atom is 0.137 e. The molecule has 15 heavy (non-hydrogen) atoms. The Bertz CT molecular complexity index is 313. The molecule has 1 atom stereocenters. The van der Waals surface area contributed by atoms with Gasteiger partial charge in [-0.2, -0.15) is 0 Å². The molecule has 80 valence electrons. The minimum atomic E-state index is 0.118. The number of rotatable bonds is 3. The first-order chi connectivity index (χ1) is 7.40. The fourth-order valence-corrected chi connectivity index (χ4v) is 2.09. The predicted molar refractivity (Wildman–Crippen MR) is 58.4 cm³/mol. The van der Waals surface area contributed by atoms with E-state index in [1.54, 1.807) is 12.4 Å². The number of nitrogens with zero attached hydrogens (tertiary/aromatic N) is 2. The van der Waals surface area contributed by atoms with Crippen LogP contribution in [0.25, 0.3) is 0 Å². The standard InChI is InChI=1S/C12H16N2O/c15-10-12-3-1-2-8-14(12)9-11-4-6-13-7-5-11/h4-7,10,12H,1-3,8-9H2. The molecular weight excluding hydrogens is 188 g/mol. The minimum Gasteiger partial charge on any atom is -0.302 e. The van der Waals surface area contributed by atoms with Crippen LogP contribution in [0.4, 0.5) is 0 Å². The van der Waals surface area contributed by atoms with Crippen LogP contribution in [0.3, 0.4) is 0 Å². The molecule has 1 aliphatic rings. The zero-order valence-electron chi connectivity index (χ0n) is 8.80. The molecule has 0 aromatic carbocycles. The molecule has 2 rings (SSSR count). The second-order valence-corrected chi connectivity index (χ2v) is 4.03. The molecule has 0 spiro atoms. The Kier molecular flexibility index (Phi) is 3.45. The van der Waals surface area contributed by atoms with Gasteiger partial charge in [0.1, 0.15) is 6.29 Å². The highest BCUT2D eigenvalue weighted by molar-refractivity contribution is 5.57. The molecule has 1 unspecified atom stereocenters. The van der Waals surface area contributed by atoms with E-state index in [0.717, 1.165) is 25.8 Å². The van der Waals surface area contributed by atoms with Gasteiger partial charge < -0.3 is 4.79 Å². The van der Waals surface area contributed by atoms with E-state index in [0.29, 0.717) is 0 Å². The lowest BCUT2D eigenvalue weighted by atomic mass is 10.0. The van der Waals surface area contributed by atoms with Crippen LogP contribution >= 0.6 is 0 Å². The highest BCUT2D eigenvalue weighted by Gasteiger charge is 2.21. The van der Waals surface area contributed by atoms with Crippen LogP contribution in [-0.4, -0.2) is 28.8 Å². The lowest BCUT2D eigenvalue weighted by Crippen LogP contribution is -2.39. The number of hydrogen-bond acceptors (Lipinski definition) is 3. The summed E-state index contributed by atoms with van der Waals surface area (Å²) >= 11 is 0. The van der Waals surface area contributed by atoms with Gasteiger partial charge in [-0.15, -0.1) is 0 Å². The summed E-state index contributed by atoms with van der Waals surface area (Å²) in [7, 11) is 0. The zero-order chi connectivity index (χ0) is 10.5. The Morgan fingerprint density at radius 1 is 1.40 bits per heavy atom. The van der Waals surface area contributed by atoms with E-state index in [1.165, 1.54) is 18.4 Å². The number of piperidine rings is 1. The summed E-state index contributed by atoms with van der Waals surface area (Å²) in [5, 5.41) is 0. The minimum absolute atomic E-state index is 0.118. The lowest BCUT2D eigenvalue weighted by molar-refractivity contribution is -0.113. The Hall–Kier alpha value is -1.22. The molecule has 3 nitrogen and oxygen atoms in total. The average molecular weight is 204 g/mol. The molecule has 1 saturated heterocycles. The van der Waals surface area contributed by atoms with Gasteiger partial charge in [0.2, 0.25) is 0 Å². The molecule has 0 bridgehead atoms. The third-order valence-corrected chi connectivity index (χ3v) is 2.96. The van der Waals surface area contributed by atoms with Gasteiger partial charge in [0, 0.05) is 18.9 Å². The van der Waals surface area contributed by atoms with E-state index >= 15 is 0 Å². The molecule has 0 saturated carbocycles. The Balaban J connectivity index is 2.00. The second-order valence-electron chi connectivity index (χ2n) is 4.03. The van der Waals surface area contributed by atoms with Gasteiger partial charge in [-0.3, -0.25) is 9.88 Å². The van der Waals surface area contributed by atoms with Gasteiger partial charge >= 0.3 is 0 Å². The normalized spacial score (nSPS) is 22.5. The van der Waals surface area contributed by atoms with E-state index in [9.17, 15) is 4.79 Å². The van der Waals surface area contributed by atoms with Crippen LogP contribution in [0.1, 0.15) is 24.8 Å². The Labute approximate surface area is 90.1 Å². The van der Waals surface area contributed by atoms with E-state index in [1.807, 2.05) is 12.1 Å². The summed E-state index contributed by atoms with van der Waals surface area (Å²) in [6, 6.07) is 4.14. The van der Waals surface area contributed by atoms with Crippen LogP contribution in [0.15, 0.2) is 24.5 Å². The van der Waals surface area contributed by atoms with Crippen molar-refractivity contribution in [1.82, 2.24) is 9.88 Å². The highest BCUT2D eigenvalue weighted by Crippen LogP contribution is 2.17. The highest BCUT2D eigenvalue weighted by atomic mass is 16.1. The van der Waals surface area contributed by atoms with Crippen molar-refractivity contribution in [2.75, 3.05) is 6.54 Å². The smallest absolute Gasteiger partial charge is 0.137 e. The second kappa shape index (κ2) is 5.03. The van der Waals surface area contributed by atoms with Crippen molar-refractivity contribution >= 4 is 6.29 Å². The van der Waals surface area contributed by atoms with Crippen molar-refractivity contribution < 1.29 is 4.79 Å². The first-order valence-corrected chi connectivity index (χ1v) is 5.48. The van der Waals surface area contributed by atoms with Gasteiger partial charge in [-0.1, -0.05) is 6.42 Å². The largest absolute Gasteiger partial charge is 0.302 e. The van der Waals surface area contributed by atoms with Crippen LogP contribution in [-0.2, 0) is 11.3 Å². The van der Waals surface area contributed by atoms with Crippen LogP contribution in [0.5, 0.6) is 0 Å². The summed E-state index contributed by atoms with van der Waals surface area (Å²) < 4.78 is 0. The number of carbonyl (C=O) groups excluding carboxylic acids is 1. The molecule has 1 aromatic rings. The number of pyridine rings is 1. The third-order valence-electron chi connectivity index (χ3n) is 2.96. The monoisotopic (exact) mass is 204 g/mol. The number of carbonyl (C=O) groups is 1. The fraction of sp³-hybridized carbons (Fsp3) is 0.500. The van der Waals surface area contributed by atoms with Crippen LogP contribution in [0, 0.1) is 0 Å². The van der Waals surface area contributed by atoms with Gasteiger partial charge in [0.05, 0.1) is 6.04 Å². The summed E-state index contributed by atoms with van der Waals surface area (Å²) in [6.45, 7) is 1.90. The number of aromatic nitrogens is 1. The Morgan fingerprint density at radius 3 is 2.93 bits per heavy atom. The average Bonchev–Trinajstić information content (AvgIpc) is 2.31. The van der Waals surface area contributed by atoms with Crippen molar-refractivity contribution in [3.05, 3.63) is 30.1 Å². The molecule has 3 heteroatoms. The SMILES string of the molecule is O=CC1CCCCN1Cc1ccncc1. The molecule has 0 radical (unpaired) electrons. The van der Waals surface area contributed by atoms with E-state index in [-0.39, 0.29) is 6.04 Å². The maximum atomic E-state index is 10.9. The van der Waals surface area contributed by atoms with Crippen molar-refractivity contribution in [2.24, 2.45) is 0 Å². The van der Waals surface area contributed by atoms with Crippen molar-refractivity contribution in [3.63, 3.8) is 0 Å². The molecule has 2 heterocycles.